The van der Waals surface area contributed by atoms with Crippen molar-refractivity contribution in [1.29, 1.82) is 5.26 Å². The molecule has 0 saturated carbocycles. The van der Waals surface area contributed by atoms with Gasteiger partial charge in [0.1, 0.15) is 6.07 Å². The molecular formula is C14H13N3O2S. The van der Waals surface area contributed by atoms with Crippen LogP contribution in [0.3, 0.4) is 0 Å². The third kappa shape index (κ3) is 2.63. The molecule has 1 heterocycles. The first-order valence-electron chi connectivity index (χ1n) is 5.99. The molecule has 0 fully saturated rings. The number of nitro benzene ring substituents is 1. The lowest BCUT2D eigenvalue weighted by Crippen LogP contribution is -2.21. The molecule has 2 rings (SSSR count). The molecule has 0 aliphatic heterocycles. The average molecular weight is 287 g/mol. The van der Waals surface area contributed by atoms with Crippen molar-refractivity contribution in [1.82, 2.24) is 0 Å². The summed E-state index contributed by atoms with van der Waals surface area (Å²) in [6.07, 6.45) is 0. The van der Waals surface area contributed by atoms with E-state index < -0.39 is 4.92 Å². The summed E-state index contributed by atoms with van der Waals surface area (Å²) in [5.74, 6) is 0. The zero-order chi connectivity index (χ0) is 14.7. The number of non-ortho nitro benzene ring substituents is 1. The predicted molar refractivity (Wildman–Crippen MR) is 78.9 cm³/mol. The van der Waals surface area contributed by atoms with Crippen molar-refractivity contribution < 1.29 is 4.92 Å². The Bertz CT molecular complexity index is 662. The van der Waals surface area contributed by atoms with E-state index in [0.29, 0.717) is 11.3 Å². The highest BCUT2D eigenvalue weighted by molar-refractivity contribution is 7.10. The van der Waals surface area contributed by atoms with Gasteiger partial charge < -0.3 is 4.90 Å². The molecule has 2 aromatic rings. The van der Waals surface area contributed by atoms with E-state index in [0.717, 1.165) is 0 Å². The summed E-state index contributed by atoms with van der Waals surface area (Å²) in [6.45, 7) is 2.04. The molecule has 0 aliphatic carbocycles. The van der Waals surface area contributed by atoms with E-state index in [9.17, 15) is 15.4 Å². The van der Waals surface area contributed by atoms with Crippen LogP contribution < -0.4 is 4.90 Å². The van der Waals surface area contributed by atoms with Crippen molar-refractivity contribution in [2.75, 3.05) is 11.9 Å². The molecule has 6 heteroatoms. The summed E-state index contributed by atoms with van der Waals surface area (Å²) in [4.78, 5) is 13.4. The quantitative estimate of drug-likeness (QED) is 0.634. The molecule has 0 spiro atoms. The second-order valence-corrected chi connectivity index (χ2v) is 5.35. The SMILES string of the molecule is CC(c1cccs1)N(C)c1ccc([N+](=O)[O-])cc1C#N. The van der Waals surface area contributed by atoms with Crippen LogP contribution in [-0.4, -0.2) is 12.0 Å². The molecule has 20 heavy (non-hydrogen) atoms. The highest BCUT2D eigenvalue weighted by Crippen LogP contribution is 2.31. The largest absolute Gasteiger partial charge is 0.366 e. The van der Waals surface area contributed by atoms with Gasteiger partial charge in [0.2, 0.25) is 0 Å². The Morgan fingerprint density at radius 2 is 2.20 bits per heavy atom. The molecule has 102 valence electrons. The number of benzene rings is 1. The number of anilines is 1. The number of nitro groups is 1. The average Bonchev–Trinajstić information content (AvgIpc) is 2.99. The Labute approximate surface area is 120 Å². The van der Waals surface area contributed by atoms with Crippen LogP contribution in [0.2, 0.25) is 0 Å². The van der Waals surface area contributed by atoms with Gasteiger partial charge in [-0.15, -0.1) is 11.3 Å². The number of hydrogen-bond acceptors (Lipinski definition) is 5. The van der Waals surface area contributed by atoms with Crippen molar-refractivity contribution in [3.05, 3.63) is 56.3 Å². The normalized spacial score (nSPS) is 11.7. The molecule has 0 aliphatic rings. The Morgan fingerprint density at radius 3 is 2.75 bits per heavy atom. The van der Waals surface area contributed by atoms with Crippen molar-refractivity contribution in [3.63, 3.8) is 0 Å². The van der Waals surface area contributed by atoms with Gasteiger partial charge in [-0.1, -0.05) is 6.07 Å². The maximum atomic E-state index is 10.8. The van der Waals surface area contributed by atoms with Crippen LogP contribution in [0, 0.1) is 21.4 Å². The highest BCUT2D eigenvalue weighted by Gasteiger charge is 2.18. The molecule has 0 amide bonds. The van der Waals surface area contributed by atoms with Crippen LogP contribution >= 0.6 is 11.3 Å². The summed E-state index contributed by atoms with van der Waals surface area (Å²) in [6, 6.07) is 10.5. The second-order valence-electron chi connectivity index (χ2n) is 4.37. The van der Waals surface area contributed by atoms with Gasteiger partial charge in [0.25, 0.3) is 5.69 Å². The minimum absolute atomic E-state index is 0.0672. The third-order valence-corrected chi connectivity index (χ3v) is 4.27. The topological polar surface area (TPSA) is 70.2 Å². The summed E-state index contributed by atoms with van der Waals surface area (Å²) in [7, 11) is 1.88. The summed E-state index contributed by atoms with van der Waals surface area (Å²) >= 11 is 1.64. The first kappa shape index (κ1) is 14.0. The minimum atomic E-state index is -0.493. The summed E-state index contributed by atoms with van der Waals surface area (Å²) in [5.41, 5.74) is 0.937. The molecule has 0 N–H and O–H groups in total. The Balaban J connectivity index is 2.37. The zero-order valence-electron chi connectivity index (χ0n) is 11.1. The molecule has 1 aromatic carbocycles. The van der Waals surface area contributed by atoms with E-state index in [4.69, 9.17) is 0 Å². The van der Waals surface area contributed by atoms with Gasteiger partial charge in [0, 0.05) is 24.1 Å². The number of rotatable bonds is 4. The monoisotopic (exact) mass is 287 g/mol. The van der Waals surface area contributed by atoms with Crippen LogP contribution in [0.25, 0.3) is 0 Å². The van der Waals surface area contributed by atoms with E-state index in [-0.39, 0.29) is 11.7 Å². The van der Waals surface area contributed by atoms with Gasteiger partial charge >= 0.3 is 0 Å². The fourth-order valence-electron chi connectivity index (χ4n) is 1.96. The summed E-state index contributed by atoms with van der Waals surface area (Å²) in [5, 5.41) is 21.9. The van der Waals surface area contributed by atoms with Crippen molar-refractivity contribution in [3.8, 4) is 6.07 Å². The smallest absolute Gasteiger partial charge is 0.270 e. The first-order valence-corrected chi connectivity index (χ1v) is 6.87. The first-order chi connectivity index (χ1) is 9.54. The number of nitriles is 1. The fraction of sp³-hybridized carbons (Fsp3) is 0.214. The maximum Gasteiger partial charge on any atom is 0.270 e. The Hall–Kier alpha value is -2.39. The van der Waals surface area contributed by atoms with E-state index >= 15 is 0 Å². The Kier molecular flexibility index (Phi) is 4.01. The molecule has 1 atom stereocenters. The third-order valence-electron chi connectivity index (χ3n) is 3.23. The molecular weight excluding hydrogens is 274 g/mol. The van der Waals surface area contributed by atoms with Crippen molar-refractivity contribution >= 4 is 22.7 Å². The molecule has 0 saturated heterocycles. The van der Waals surface area contributed by atoms with E-state index in [1.54, 1.807) is 17.4 Å². The molecule has 1 unspecified atom stereocenters. The number of thiophene rings is 1. The van der Waals surface area contributed by atoms with E-state index in [2.05, 4.69) is 0 Å². The van der Waals surface area contributed by atoms with Gasteiger partial charge in [0.15, 0.2) is 0 Å². The molecule has 0 radical (unpaired) electrons. The van der Waals surface area contributed by atoms with Crippen LogP contribution in [0.5, 0.6) is 0 Å². The second kappa shape index (κ2) is 5.72. The van der Waals surface area contributed by atoms with Crippen LogP contribution in [0.4, 0.5) is 11.4 Å². The highest BCUT2D eigenvalue weighted by atomic mass is 32.1. The lowest BCUT2D eigenvalue weighted by atomic mass is 10.1. The van der Waals surface area contributed by atoms with Crippen LogP contribution in [0.15, 0.2) is 35.7 Å². The maximum absolute atomic E-state index is 10.8. The van der Waals surface area contributed by atoms with Gasteiger partial charge in [0.05, 0.1) is 22.2 Å². The fourth-order valence-corrected chi connectivity index (χ4v) is 2.79. The minimum Gasteiger partial charge on any atom is -0.366 e. The van der Waals surface area contributed by atoms with E-state index in [1.165, 1.54) is 17.0 Å². The standard InChI is InChI=1S/C14H13N3O2S/c1-10(14-4-3-7-20-14)16(2)13-6-5-12(17(18)19)8-11(13)9-15/h3-8,10H,1-2H3. The van der Waals surface area contributed by atoms with Gasteiger partial charge in [-0.25, -0.2) is 0 Å². The molecule has 5 nitrogen and oxygen atoms in total. The van der Waals surface area contributed by atoms with Crippen molar-refractivity contribution in [2.24, 2.45) is 0 Å². The number of nitrogens with zero attached hydrogens (tertiary/aromatic N) is 3. The van der Waals surface area contributed by atoms with Gasteiger partial charge in [-0.2, -0.15) is 5.26 Å². The van der Waals surface area contributed by atoms with Crippen LogP contribution in [0.1, 0.15) is 23.4 Å². The van der Waals surface area contributed by atoms with Gasteiger partial charge in [-0.3, -0.25) is 10.1 Å². The van der Waals surface area contributed by atoms with Gasteiger partial charge in [-0.05, 0) is 24.4 Å². The van der Waals surface area contributed by atoms with Crippen LogP contribution in [-0.2, 0) is 0 Å². The lowest BCUT2D eigenvalue weighted by Gasteiger charge is -2.27. The zero-order valence-corrected chi connectivity index (χ0v) is 11.9. The predicted octanol–water partition coefficient (Wildman–Crippen LogP) is 3.73. The Morgan fingerprint density at radius 1 is 1.45 bits per heavy atom. The number of hydrogen-bond donors (Lipinski definition) is 0. The molecule has 1 aromatic heterocycles. The van der Waals surface area contributed by atoms with E-state index in [1.807, 2.05) is 42.5 Å². The van der Waals surface area contributed by atoms with Crippen molar-refractivity contribution in [2.45, 2.75) is 13.0 Å². The summed E-state index contributed by atoms with van der Waals surface area (Å²) < 4.78 is 0. The lowest BCUT2D eigenvalue weighted by molar-refractivity contribution is -0.384. The molecule has 0 bridgehead atoms.